The van der Waals surface area contributed by atoms with Crippen LogP contribution in [0.4, 0.5) is 0 Å². The lowest BCUT2D eigenvalue weighted by Gasteiger charge is -2.11. The van der Waals surface area contributed by atoms with Gasteiger partial charge in [-0.2, -0.15) is 0 Å². The predicted octanol–water partition coefficient (Wildman–Crippen LogP) is 5.26. The Balaban J connectivity index is 2.41. The van der Waals surface area contributed by atoms with E-state index in [0.717, 1.165) is 20.4 Å². The van der Waals surface area contributed by atoms with Crippen molar-refractivity contribution in [2.45, 2.75) is 35.5 Å². The average Bonchev–Trinajstić information content (AvgIpc) is 2.43. The van der Waals surface area contributed by atoms with Crippen molar-refractivity contribution in [3.05, 3.63) is 53.1 Å². The summed E-state index contributed by atoms with van der Waals surface area (Å²) in [6.07, 6.45) is 0. The van der Waals surface area contributed by atoms with Crippen molar-refractivity contribution >= 4 is 29.5 Å². The number of benzene rings is 2. The summed E-state index contributed by atoms with van der Waals surface area (Å²) in [5.74, 6) is -0.00390. The maximum Gasteiger partial charge on any atom is 0.337 e. The molecular formula is C17H18O2S2. The van der Waals surface area contributed by atoms with Gasteiger partial charge in [-0.15, -0.1) is 11.8 Å². The second-order valence-corrected chi connectivity index (χ2v) is 7.14. The Morgan fingerprint density at radius 2 is 1.81 bits per heavy atom. The van der Waals surface area contributed by atoms with E-state index in [0.29, 0.717) is 5.56 Å². The van der Waals surface area contributed by atoms with E-state index in [9.17, 15) is 9.90 Å². The van der Waals surface area contributed by atoms with Gasteiger partial charge in [-0.05, 0) is 55.0 Å². The van der Waals surface area contributed by atoms with Gasteiger partial charge in [0, 0.05) is 14.7 Å². The summed E-state index contributed by atoms with van der Waals surface area (Å²) in [7, 11) is 0. The summed E-state index contributed by atoms with van der Waals surface area (Å²) < 4.78 is 0. The van der Waals surface area contributed by atoms with Gasteiger partial charge in [0.1, 0.15) is 0 Å². The van der Waals surface area contributed by atoms with E-state index < -0.39 is 5.97 Å². The maximum absolute atomic E-state index is 11.6. The third-order valence-electron chi connectivity index (χ3n) is 3.21. The highest BCUT2D eigenvalue weighted by atomic mass is 32.2. The van der Waals surface area contributed by atoms with E-state index in [-0.39, 0.29) is 0 Å². The Kier molecular flexibility index (Phi) is 5.37. The number of aryl methyl sites for hydroxylation is 2. The number of hydrogen-bond acceptors (Lipinski definition) is 3. The molecule has 2 aromatic carbocycles. The molecule has 0 spiro atoms. The SMILES string of the molecule is CCSc1cccc(Sc2ccc(C)c(C)c2)c1C(=O)O. The lowest BCUT2D eigenvalue weighted by molar-refractivity contribution is 0.0689. The lowest BCUT2D eigenvalue weighted by atomic mass is 10.1. The molecule has 0 atom stereocenters. The van der Waals surface area contributed by atoms with E-state index in [2.05, 4.69) is 26.0 Å². The summed E-state index contributed by atoms with van der Waals surface area (Å²) in [6.45, 7) is 6.17. The number of carboxylic acids is 1. The molecule has 0 aromatic heterocycles. The number of thioether (sulfide) groups is 1. The van der Waals surface area contributed by atoms with E-state index in [4.69, 9.17) is 0 Å². The Hall–Kier alpha value is -1.39. The Morgan fingerprint density at radius 3 is 2.43 bits per heavy atom. The number of carbonyl (C=O) groups is 1. The zero-order valence-electron chi connectivity index (χ0n) is 12.3. The molecule has 0 radical (unpaired) electrons. The molecule has 0 aliphatic rings. The monoisotopic (exact) mass is 318 g/mol. The fourth-order valence-corrected chi connectivity index (χ4v) is 3.95. The van der Waals surface area contributed by atoms with Gasteiger partial charge in [0.25, 0.3) is 0 Å². The quantitative estimate of drug-likeness (QED) is 0.763. The van der Waals surface area contributed by atoms with Crippen LogP contribution < -0.4 is 0 Å². The van der Waals surface area contributed by atoms with Crippen LogP contribution in [-0.4, -0.2) is 16.8 Å². The van der Waals surface area contributed by atoms with Gasteiger partial charge in [-0.25, -0.2) is 4.79 Å². The van der Waals surface area contributed by atoms with Crippen molar-refractivity contribution in [2.24, 2.45) is 0 Å². The summed E-state index contributed by atoms with van der Waals surface area (Å²) in [5.41, 5.74) is 2.87. The fourth-order valence-electron chi connectivity index (χ4n) is 1.99. The normalized spacial score (nSPS) is 10.6. The highest BCUT2D eigenvalue weighted by Crippen LogP contribution is 2.36. The Labute approximate surface area is 134 Å². The van der Waals surface area contributed by atoms with Crippen LogP contribution in [0.25, 0.3) is 0 Å². The topological polar surface area (TPSA) is 37.3 Å². The molecule has 110 valence electrons. The van der Waals surface area contributed by atoms with Crippen LogP contribution in [0, 0.1) is 13.8 Å². The van der Waals surface area contributed by atoms with Crippen LogP contribution in [0.1, 0.15) is 28.4 Å². The molecule has 0 unspecified atom stereocenters. The molecule has 0 aliphatic heterocycles. The molecule has 0 fully saturated rings. The van der Waals surface area contributed by atoms with Gasteiger partial charge in [-0.1, -0.05) is 30.8 Å². The van der Waals surface area contributed by atoms with Crippen molar-refractivity contribution in [1.29, 1.82) is 0 Å². The molecule has 21 heavy (non-hydrogen) atoms. The number of rotatable bonds is 5. The second kappa shape index (κ2) is 7.05. The van der Waals surface area contributed by atoms with Crippen LogP contribution in [0.2, 0.25) is 0 Å². The summed E-state index contributed by atoms with van der Waals surface area (Å²) in [4.78, 5) is 14.3. The van der Waals surface area contributed by atoms with Gasteiger partial charge in [0.05, 0.1) is 5.56 Å². The minimum absolute atomic E-state index is 0.410. The molecule has 2 nitrogen and oxygen atoms in total. The molecule has 0 saturated heterocycles. The highest BCUT2D eigenvalue weighted by molar-refractivity contribution is 8.00. The third-order valence-corrected chi connectivity index (χ3v) is 5.20. The summed E-state index contributed by atoms with van der Waals surface area (Å²) in [5, 5.41) is 9.52. The first kappa shape index (κ1) is 16.0. The van der Waals surface area contributed by atoms with Crippen molar-refractivity contribution in [1.82, 2.24) is 0 Å². The Bertz CT molecular complexity index is 666. The molecule has 0 heterocycles. The standard InChI is InChI=1S/C17H18O2S2/c1-4-20-14-6-5-7-15(16(14)17(18)19)21-13-9-8-11(2)12(3)10-13/h5-10H,4H2,1-3H3,(H,18,19). The summed E-state index contributed by atoms with van der Waals surface area (Å²) >= 11 is 3.08. The molecule has 1 N–H and O–H groups in total. The second-order valence-electron chi connectivity index (χ2n) is 4.72. The molecule has 0 amide bonds. The molecule has 0 saturated carbocycles. The Morgan fingerprint density at radius 1 is 1.10 bits per heavy atom. The molecule has 4 heteroatoms. The van der Waals surface area contributed by atoms with E-state index in [1.165, 1.54) is 22.9 Å². The maximum atomic E-state index is 11.6. The molecule has 2 aromatic rings. The lowest BCUT2D eigenvalue weighted by Crippen LogP contribution is -2.01. The van der Waals surface area contributed by atoms with Gasteiger partial charge in [0.15, 0.2) is 0 Å². The largest absolute Gasteiger partial charge is 0.478 e. The zero-order chi connectivity index (χ0) is 15.4. The van der Waals surface area contributed by atoms with Crippen molar-refractivity contribution in [3.8, 4) is 0 Å². The van der Waals surface area contributed by atoms with E-state index in [1.54, 1.807) is 11.8 Å². The highest BCUT2D eigenvalue weighted by Gasteiger charge is 2.16. The molecule has 0 bridgehead atoms. The number of carboxylic acid groups (broad SMARTS) is 1. The van der Waals surface area contributed by atoms with Gasteiger partial charge in [-0.3, -0.25) is 0 Å². The van der Waals surface area contributed by atoms with Crippen molar-refractivity contribution in [3.63, 3.8) is 0 Å². The minimum Gasteiger partial charge on any atom is -0.478 e. The zero-order valence-corrected chi connectivity index (χ0v) is 14.0. The predicted molar refractivity (Wildman–Crippen MR) is 89.8 cm³/mol. The summed E-state index contributed by atoms with van der Waals surface area (Å²) in [6, 6.07) is 11.9. The van der Waals surface area contributed by atoms with Crippen LogP contribution in [0.5, 0.6) is 0 Å². The van der Waals surface area contributed by atoms with E-state index in [1.807, 2.05) is 31.2 Å². The smallest absolute Gasteiger partial charge is 0.337 e. The van der Waals surface area contributed by atoms with Crippen molar-refractivity contribution < 1.29 is 9.90 Å². The molecular weight excluding hydrogens is 300 g/mol. The van der Waals surface area contributed by atoms with E-state index >= 15 is 0 Å². The van der Waals surface area contributed by atoms with Crippen LogP contribution in [-0.2, 0) is 0 Å². The third kappa shape index (κ3) is 3.83. The number of aromatic carboxylic acids is 1. The average molecular weight is 318 g/mol. The first-order chi connectivity index (χ1) is 10.0. The van der Waals surface area contributed by atoms with Gasteiger partial charge < -0.3 is 5.11 Å². The van der Waals surface area contributed by atoms with Crippen LogP contribution in [0.15, 0.2) is 51.1 Å². The van der Waals surface area contributed by atoms with Gasteiger partial charge in [0.2, 0.25) is 0 Å². The minimum atomic E-state index is -0.863. The molecule has 0 aliphatic carbocycles. The van der Waals surface area contributed by atoms with Crippen LogP contribution >= 0.6 is 23.5 Å². The van der Waals surface area contributed by atoms with Crippen molar-refractivity contribution in [2.75, 3.05) is 5.75 Å². The molecule has 2 rings (SSSR count). The van der Waals surface area contributed by atoms with Gasteiger partial charge >= 0.3 is 5.97 Å². The fraction of sp³-hybridized carbons (Fsp3) is 0.235. The van der Waals surface area contributed by atoms with Crippen LogP contribution in [0.3, 0.4) is 0 Å². The first-order valence-electron chi connectivity index (χ1n) is 6.77. The first-order valence-corrected chi connectivity index (χ1v) is 8.57. The number of hydrogen-bond donors (Lipinski definition) is 1.